The SMILES string of the molecule is Clc1ccccc1-c1nnc([C@H](NCc2ccc3c(c2)OCO3)c2ccccc2)o1. The zero-order valence-electron chi connectivity index (χ0n) is 15.9. The summed E-state index contributed by atoms with van der Waals surface area (Å²) in [6.45, 7) is 0.839. The third kappa shape index (κ3) is 3.75. The van der Waals surface area contributed by atoms with Crippen LogP contribution in [0.15, 0.2) is 77.2 Å². The molecule has 0 fully saturated rings. The lowest BCUT2D eigenvalue weighted by Crippen LogP contribution is -2.22. The van der Waals surface area contributed by atoms with Crippen LogP contribution in [-0.4, -0.2) is 17.0 Å². The number of rotatable bonds is 6. The second kappa shape index (κ2) is 8.18. The number of nitrogens with zero attached hydrogens (tertiary/aromatic N) is 2. The average Bonchev–Trinajstić information content (AvgIpc) is 3.44. The Labute approximate surface area is 178 Å². The molecule has 1 aliphatic rings. The first-order valence-electron chi connectivity index (χ1n) is 9.53. The maximum atomic E-state index is 6.29. The highest BCUT2D eigenvalue weighted by Crippen LogP contribution is 2.33. The van der Waals surface area contributed by atoms with Gasteiger partial charge in [-0.15, -0.1) is 10.2 Å². The first kappa shape index (κ1) is 18.7. The van der Waals surface area contributed by atoms with Crippen molar-refractivity contribution in [3.05, 3.63) is 94.8 Å². The predicted molar refractivity (Wildman–Crippen MR) is 112 cm³/mol. The molecule has 0 saturated carbocycles. The lowest BCUT2D eigenvalue weighted by Gasteiger charge is -2.16. The Bertz CT molecular complexity index is 1160. The summed E-state index contributed by atoms with van der Waals surface area (Å²) in [6.07, 6.45) is 0. The van der Waals surface area contributed by atoms with Crippen LogP contribution in [0.1, 0.15) is 23.1 Å². The molecule has 0 saturated heterocycles. The summed E-state index contributed by atoms with van der Waals surface area (Å²) in [5.74, 6) is 2.38. The lowest BCUT2D eigenvalue weighted by atomic mass is 10.1. The van der Waals surface area contributed by atoms with Crippen LogP contribution >= 0.6 is 11.6 Å². The van der Waals surface area contributed by atoms with E-state index in [2.05, 4.69) is 15.5 Å². The third-order valence-corrected chi connectivity index (χ3v) is 5.20. The molecule has 0 spiro atoms. The molecule has 6 nitrogen and oxygen atoms in total. The Hall–Kier alpha value is -3.35. The Morgan fingerprint density at radius 2 is 1.70 bits per heavy atom. The van der Waals surface area contributed by atoms with Gasteiger partial charge in [0, 0.05) is 6.54 Å². The number of benzene rings is 3. The van der Waals surface area contributed by atoms with E-state index in [-0.39, 0.29) is 12.8 Å². The number of nitrogens with one attached hydrogen (secondary N) is 1. The first-order valence-corrected chi connectivity index (χ1v) is 9.91. The van der Waals surface area contributed by atoms with Crippen molar-refractivity contribution in [1.29, 1.82) is 0 Å². The normalized spacial score (nSPS) is 13.4. The van der Waals surface area contributed by atoms with Crippen LogP contribution in [0.25, 0.3) is 11.5 Å². The van der Waals surface area contributed by atoms with Gasteiger partial charge in [-0.1, -0.05) is 60.1 Å². The van der Waals surface area contributed by atoms with E-state index in [9.17, 15) is 0 Å². The van der Waals surface area contributed by atoms with Gasteiger partial charge in [0.15, 0.2) is 11.5 Å². The summed E-state index contributed by atoms with van der Waals surface area (Å²) in [7, 11) is 0. The highest BCUT2D eigenvalue weighted by molar-refractivity contribution is 6.33. The monoisotopic (exact) mass is 419 g/mol. The first-order chi connectivity index (χ1) is 14.8. The minimum absolute atomic E-state index is 0.256. The summed E-state index contributed by atoms with van der Waals surface area (Å²) >= 11 is 6.29. The number of fused-ring (bicyclic) bond motifs is 1. The van der Waals surface area contributed by atoms with E-state index in [0.717, 1.165) is 22.6 Å². The molecule has 1 N–H and O–H groups in total. The molecule has 0 unspecified atom stereocenters. The van der Waals surface area contributed by atoms with Crippen molar-refractivity contribution < 1.29 is 13.9 Å². The van der Waals surface area contributed by atoms with Gasteiger partial charge in [0.25, 0.3) is 0 Å². The molecular formula is C23H18ClN3O3. The Morgan fingerprint density at radius 1 is 0.900 bits per heavy atom. The molecule has 4 aromatic rings. The molecule has 1 aliphatic heterocycles. The van der Waals surface area contributed by atoms with Crippen molar-refractivity contribution in [2.45, 2.75) is 12.6 Å². The standard InChI is InChI=1S/C23H18ClN3O3/c24-18-9-5-4-8-17(18)22-26-27-23(30-22)21(16-6-2-1-3-7-16)25-13-15-10-11-19-20(12-15)29-14-28-19/h1-12,21,25H,13-14H2/t21-/m1/s1. The number of halogens is 1. The summed E-state index contributed by atoms with van der Waals surface area (Å²) in [6, 6.07) is 23.0. The quantitative estimate of drug-likeness (QED) is 0.474. The van der Waals surface area contributed by atoms with Gasteiger partial charge in [-0.3, -0.25) is 5.32 Å². The van der Waals surface area contributed by atoms with E-state index in [1.807, 2.05) is 66.7 Å². The maximum Gasteiger partial charge on any atom is 0.249 e. The smallest absolute Gasteiger partial charge is 0.249 e. The van der Waals surface area contributed by atoms with E-state index in [4.69, 9.17) is 25.5 Å². The van der Waals surface area contributed by atoms with Crippen molar-refractivity contribution in [2.75, 3.05) is 6.79 Å². The minimum atomic E-state index is -0.277. The molecule has 7 heteroatoms. The van der Waals surface area contributed by atoms with Crippen LogP contribution in [0.5, 0.6) is 11.5 Å². The van der Waals surface area contributed by atoms with Crippen LogP contribution in [0.3, 0.4) is 0 Å². The van der Waals surface area contributed by atoms with E-state index < -0.39 is 0 Å². The van der Waals surface area contributed by atoms with E-state index in [1.165, 1.54) is 0 Å². The topological polar surface area (TPSA) is 69.4 Å². The molecule has 0 bridgehead atoms. The molecule has 150 valence electrons. The van der Waals surface area contributed by atoms with Gasteiger partial charge in [-0.25, -0.2) is 0 Å². The van der Waals surface area contributed by atoms with Crippen molar-refractivity contribution in [3.63, 3.8) is 0 Å². The minimum Gasteiger partial charge on any atom is -0.454 e. The van der Waals surface area contributed by atoms with Gasteiger partial charge in [0.1, 0.15) is 6.04 Å². The van der Waals surface area contributed by atoms with Crippen molar-refractivity contribution in [2.24, 2.45) is 0 Å². The zero-order chi connectivity index (χ0) is 20.3. The van der Waals surface area contributed by atoms with Gasteiger partial charge >= 0.3 is 0 Å². The average molecular weight is 420 g/mol. The van der Waals surface area contributed by atoms with Crippen LogP contribution in [0.4, 0.5) is 0 Å². The van der Waals surface area contributed by atoms with E-state index in [0.29, 0.717) is 28.9 Å². The molecule has 3 aromatic carbocycles. The molecule has 0 aliphatic carbocycles. The number of ether oxygens (including phenoxy) is 2. The van der Waals surface area contributed by atoms with Crippen molar-refractivity contribution in [1.82, 2.24) is 15.5 Å². The third-order valence-electron chi connectivity index (χ3n) is 4.87. The Balaban J connectivity index is 1.42. The lowest BCUT2D eigenvalue weighted by molar-refractivity contribution is 0.174. The zero-order valence-corrected chi connectivity index (χ0v) is 16.7. The molecule has 5 rings (SSSR count). The predicted octanol–water partition coefficient (Wildman–Crippen LogP) is 5.00. The van der Waals surface area contributed by atoms with Crippen LogP contribution in [0, 0.1) is 0 Å². The molecule has 0 radical (unpaired) electrons. The summed E-state index contributed by atoms with van der Waals surface area (Å²) in [5.41, 5.74) is 2.79. The molecule has 1 aromatic heterocycles. The van der Waals surface area contributed by atoms with Crippen molar-refractivity contribution >= 4 is 11.6 Å². The van der Waals surface area contributed by atoms with Gasteiger partial charge in [-0.2, -0.15) is 0 Å². The van der Waals surface area contributed by atoms with Gasteiger partial charge in [-0.05, 0) is 35.4 Å². The van der Waals surface area contributed by atoms with Crippen molar-refractivity contribution in [3.8, 4) is 23.0 Å². The second-order valence-electron chi connectivity index (χ2n) is 6.84. The van der Waals surface area contributed by atoms with Crippen LogP contribution < -0.4 is 14.8 Å². The van der Waals surface area contributed by atoms with Gasteiger partial charge in [0.05, 0.1) is 10.6 Å². The number of aromatic nitrogens is 2. The summed E-state index contributed by atoms with van der Waals surface area (Å²) < 4.78 is 16.9. The fourth-order valence-electron chi connectivity index (χ4n) is 3.36. The fraction of sp³-hybridized carbons (Fsp3) is 0.130. The molecule has 1 atom stereocenters. The maximum absolute atomic E-state index is 6.29. The summed E-state index contributed by atoms with van der Waals surface area (Å²) in [5, 5.41) is 12.6. The van der Waals surface area contributed by atoms with Gasteiger partial charge < -0.3 is 13.9 Å². The fourth-order valence-corrected chi connectivity index (χ4v) is 3.58. The van der Waals surface area contributed by atoms with E-state index >= 15 is 0 Å². The van der Waals surface area contributed by atoms with E-state index in [1.54, 1.807) is 6.07 Å². The Morgan fingerprint density at radius 3 is 2.57 bits per heavy atom. The molecule has 30 heavy (non-hydrogen) atoms. The molecule has 2 heterocycles. The summed E-state index contributed by atoms with van der Waals surface area (Å²) in [4.78, 5) is 0. The van der Waals surface area contributed by atoms with Crippen LogP contribution in [0.2, 0.25) is 5.02 Å². The Kier molecular flexibility index (Phi) is 5.09. The van der Waals surface area contributed by atoms with Gasteiger partial charge in [0.2, 0.25) is 18.6 Å². The number of hydrogen-bond acceptors (Lipinski definition) is 6. The molecule has 0 amide bonds. The number of hydrogen-bond donors (Lipinski definition) is 1. The van der Waals surface area contributed by atoms with Crippen LogP contribution in [-0.2, 0) is 6.54 Å². The highest BCUT2D eigenvalue weighted by atomic mass is 35.5. The highest BCUT2D eigenvalue weighted by Gasteiger charge is 2.22. The largest absolute Gasteiger partial charge is 0.454 e. The molecular weight excluding hydrogens is 402 g/mol. The second-order valence-corrected chi connectivity index (χ2v) is 7.24.